The molecule has 1 aliphatic heterocycles. The first kappa shape index (κ1) is 41.8. The fourth-order valence-corrected chi connectivity index (χ4v) is 9.08. The van der Waals surface area contributed by atoms with Gasteiger partial charge in [0, 0.05) is 62.0 Å². The number of nitrogens with zero attached hydrogens (tertiary/aromatic N) is 4. The van der Waals surface area contributed by atoms with E-state index < -0.39 is 41.8 Å². The number of thiazole rings is 2. The number of amides is 2. The van der Waals surface area contributed by atoms with Gasteiger partial charge in [-0.2, -0.15) is 13.2 Å². The molecule has 4 rings (SSSR count). The van der Waals surface area contributed by atoms with Crippen molar-refractivity contribution in [1.82, 2.24) is 25.1 Å². The zero-order chi connectivity index (χ0) is 38.3. The second-order valence-corrected chi connectivity index (χ2v) is 17.1. The molecular weight excluding hydrogens is 716 g/mol. The molecular formula is C37H54F3N5O5S2. The molecule has 3 heterocycles. The summed E-state index contributed by atoms with van der Waals surface area (Å²) >= 11 is 2.07. The lowest BCUT2D eigenvalue weighted by Gasteiger charge is -2.40. The molecule has 15 heteroatoms. The minimum absolute atomic E-state index is 0.0301. The zero-order valence-corrected chi connectivity index (χ0v) is 33.0. The molecule has 5 atom stereocenters. The number of likely N-dealkylation sites (tertiary alicyclic amines) is 1. The highest BCUT2D eigenvalue weighted by Crippen LogP contribution is 2.39. The van der Waals surface area contributed by atoms with Gasteiger partial charge in [-0.1, -0.05) is 40.5 Å². The maximum atomic E-state index is 14.2. The van der Waals surface area contributed by atoms with Gasteiger partial charge < -0.3 is 15.0 Å². The Balaban J connectivity index is 1.49. The second-order valence-electron chi connectivity index (χ2n) is 15.3. The van der Waals surface area contributed by atoms with Gasteiger partial charge in [-0.3, -0.25) is 24.1 Å². The molecule has 0 spiro atoms. The van der Waals surface area contributed by atoms with Gasteiger partial charge >= 0.3 is 12.1 Å². The van der Waals surface area contributed by atoms with E-state index in [-0.39, 0.29) is 71.5 Å². The summed E-state index contributed by atoms with van der Waals surface area (Å²) in [5.41, 5.74) is -0.850. The molecule has 1 saturated carbocycles. The smallest absolute Gasteiger partial charge is 0.434 e. The van der Waals surface area contributed by atoms with Crippen LogP contribution in [0.4, 0.5) is 13.2 Å². The van der Waals surface area contributed by atoms with Crippen LogP contribution < -0.4 is 5.32 Å². The molecule has 2 fully saturated rings. The van der Waals surface area contributed by atoms with Crippen molar-refractivity contribution in [3.8, 4) is 0 Å². The molecule has 1 N–H and O–H groups in total. The molecule has 2 amide bonds. The van der Waals surface area contributed by atoms with E-state index in [1.165, 1.54) is 6.92 Å². The molecule has 1 saturated heterocycles. The Morgan fingerprint density at radius 1 is 1.02 bits per heavy atom. The number of alkyl halides is 3. The Morgan fingerprint density at radius 3 is 2.29 bits per heavy atom. The molecule has 52 heavy (non-hydrogen) atoms. The first-order valence-electron chi connectivity index (χ1n) is 18.4. The van der Waals surface area contributed by atoms with E-state index in [4.69, 9.17) is 4.74 Å². The lowest BCUT2D eigenvalue weighted by Crippen LogP contribution is -2.49. The number of nitrogens with one attached hydrogen (secondary N) is 1. The number of esters is 1. The number of likely N-dealkylation sites (N-methyl/N-ethyl adjacent to an activating group) is 1. The minimum Gasteiger partial charge on any atom is -0.455 e. The summed E-state index contributed by atoms with van der Waals surface area (Å²) in [6.45, 7) is 10.1. The van der Waals surface area contributed by atoms with Crippen LogP contribution in [0.3, 0.4) is 0 Å². The van der Waals surface area contributed by atoms with Crippen LogP contribution in [0.15, 0.2) is 10.8 Å². The molecule has 2 aromatic heterocycles. The summed E-state index contributed by atoms with van der Waals surface area (Å²) in [6, 6.07) is -0.994. The summed E-state index contributed by atoms with van der Waals surface area (Å²) in [7, 11) is 3.74. The van der Waals surface area contributed by atoms with Crippen LogP contribution in [0, 0.1) is 23.7 Å². The van der Waals surface area contributed by atoms with Crippen molar-refractivity contribution in [2.45, 2.75) is 129 Å². The van der Waals surface area contributed by atoms with Crippen molar-refractivity contribution < 1.29 is 37.1 Å². The van der Waals surface area contributed by atoms with Crippen LogP contribution in [0.5, 0.6) is 0 Å². The maximum absolute atomic E-state index is 14.2. The third-order valence-corrected chi connectivity index (χ3v) is 12.2. The number of Topliss-reactive ketones (excluding diaryl/α,β-unsaturated/α-hetero) is 1. The summed E-state index contributed by atoms with van der Waals surface area (Å²) < 4.78 is 45.2. The Kier molecular flexibility index (Phi) is 14.8. The third-order valence-electron chi connectivity index (χ3n) is 10.4. The summed E-state index contributed by atoms with van der Waals surface area (Å²) in [5, 5.41) is 6.14. The van der Waals surface area contributed by atoms with Gasteiger partial charge in [0.05, 0.1) is 11.0 Å². The van der Waals surface area contributed by atoms with E-state index in [0.29, 0.717) is 11.4 Å². The number of aromatic nitrogens is 2. The van der Waals surface area contributed by atoms with Gasteiger partial charge in [0.1, 0.15) is 10.7 Å². The van der Waals surface area contributed by atoms with Crippen LogP contribution >= 0.6 is 22.7 Å². The fraction of sp³-hybridized carbons (Fsp3) is 0.730. The van der Waals surface area contributed by atoms with E-state index in [9.17, 15) is 32.3 Å². The van der Waals surface area contributed by atoms with E-state index >= 15 is 0 Å². The Bertz CT molecular complexity index is 1520. The van der Waals surface area contributed by atoms with Crippen molar-refractivity contribution in [2.24, 2.45) is 23.7 Å². The van der Waals surface area contributed by atoms with Crippen molar-refractivity contribution in [3.05, 3.63) is 32.2 Å². The fourth-order valence-electron chi connectivity index (χ4n) is 7.36. The summed E-state index contributed by atoms with van der Waals surface area (Å²) in [4.78, 5) is 65.6. The Morgan fingerprint density at radius 2 is 1.73 bits per heavy atom. The van der Waals surface area contributed by atoms with Crippen molar-refractivity contribution in [3.63, 3.8) is 0 Å². The molecule has 0 unspecified atom stereocenters. The van der Waals surface area contributed by atoms with Crippen molar-refractivity contribution >= 4 is 46.2 Å². The lowest BCUT2D eigenvalue weighted by molar-refractivity contribution is -0.150. The number of rotatable bonds is 17. The van der Waals surface area contributed by atoms with Crippen LogP contribution in [0.2, 0.25) is 0 Å². The minimum atomic E-state index is -4.54. The molecule has 2 aromatic rings. The predicted molar refractivity (Wildman–Crippen MR) is 195 cm³/mol. The summed E-state index contributed by atoms with van der Waals surface area (Å²) in [6.07, 6.45) is 1.50. The average Bonchev–Trinajstić information content (AvgIpc) is 3.71. The number of piperidine rings is 1. The number of carbonyl (C=O) groups excluding carboxylic acids is 4. The van der Waals surface area contributed by atoms with Gasteiger partial charge in [0.15, 0.2) is 17.6 Å². The molecule has 0 aromatic carbocycles. The molecule has 2 aliphatic rings. The monoisotopic (exact) mass is 769 g/mol. The first-order valence-corrected chi connectivity index (χ1v) is 20.1. The van der Waals surface area contributed by atoms with Crippen LogP contribution in [0.1, 0.15) is 125 Å². The number of carbonyl (C=O) groups is 4. The Labute approximate surface area is 313 Å². The topological polar surface area (TPSA) is 122 Å². The number of hydrogen-bond donors (Lipinski definition) is 1. The SMILES string of the molecule is CC(=O)O[C@H](C[C@H](C(C)C)N(C)C(=O)[C@@H](CC(=O)[C@H]1CCCCN1C)C1CCC1)c1nc(C(=O)N[C@@H](Cc2nc(C(F)(F)F)cs2)CC(C)C)cs1. The molecule has 0 bridgehead atoms. The lowest BCUT2D eigenvalue weighted by atomic mass is 9.72. The summed E-state index contributed by atoms with van der Waals surface area (Å²) in [5.74, 6) is -1.11. The van der Waals surface area contributed by atoms with E-state index in [1.54, 1.807) is 17.3 Å². The quantitative estimate of drug-likeness (QED) is 0.166. The third kappa shape index (κ3) is 11.3. The Hall–Kier alpha value is -2.91. The highest BCUT2D eigenvalue weighted by molar-refractivity contribution is 7.10. The maximum Gasteiger partial charge on any atom is 0.434 e. The number of ether oxygens (including phenoxy) is 1. The molecule has 1 aliphatic carbocycles. The van der Waals surface area contributed by atoms with Crippen LogP contribution in [-0.2, 0) is 31.7 Å². The van der Waals surface area contributed by atoms with Crippen LogP contribution in [0.25, 0.3) is 0 Å². The predicted octanol–water partition coefficient (Wildman–Crippen LogP) is 7.34. The standard InChI is InChI=1S/C37H54F3N5O5S2/c1-21(2)15-25(16-33-43-32(20-51-33)37(38,39)40)41-34(48)27-19-52-35(42-27)31(50-23(5)46)18-29(22(3)4)45(7)36(49)26(24-11-10-12-24)17-30(47)28-13-8-9-14-44(28)6/h19-22,24-26,28-29,31H,8-18H2,1-7H3,(H,41,48)/t25-,26+,28-,29-,31-/m1/s1. The number of halogens is 3. The second kappa shape index (κ2) is 18.4. The highest BCUT2D eigenvalue weighted by Gasteiger charge is 2.41. The average molecular weight is 770 g/mol. The van der Waals surface area contributed by atoms with Gasteiger partial charge in [-0.05, 0) is 63.5 Å². The van der Waals surface area contributed by atoms with Gasteiger partial charge in [-0.15, -0.1) is 22.7 Å². The first-order chi connectivity index (χ1) is 24.4. The van der Waals surface area contributed by atoms with E-state index in [2.05, 4.69) is 20.2 Å². The van der Waals surface area contributed by atoms with E-state index in [0.717, 1.165) is 73.1 Å². The molecule has 0 radical (unpaired) electrons. The van der Waals surface area contributed by atoms with Gasteiger partial charge in [-0.25, -0.2) is 9.97 Å². The molecule has 290 valence electrons. The zero-order valence-electron chi connectivity index (χ0n) is 31.3. The normalized spacial score (nSPS) is 19.5. The van der Waals surface area contributed by atoms with E-state index in [1.807, 2.05) is 34.7 Å². The van der Waals surface area contributed by atoms with Gasteiger partial charge in [0.2, 0.25) is 5.91 Å². The number of hydrogen-bond acceptors (Lipinski definition) is 10. The molecule has 10 nitrogen and oxygen atoms in total. The van der Waals surface area contributed by atoms with Gasteiger partial charge in [0.25, 0.3) is 5.91 Å². The highest BCUT2D eigenvalue weighted by atomic mass is 32.1. The van der Waals surface area contributed by atoms with Crippen molar-refractivity contribution in [2.75, 3.05) is 20.6 Å². The largest absolute Gasteiger partial charge is 0.455 e. The van der Waals surface area contributed by atoms with Crippen LogP contribution in [-0.4, -0.2) is 82.1 Å². The number of ketones is 1. The van der Waals surface area contributed by atoms with Crippen molar-refractivity contribution in [1.29, 1.82) is 0 Å².